The van der Waals surface area contributed by atoms with Crippen molar-refractivity contribution in [2.24, 2.45) is 11.8 Å². The van der Waals surface area contributed by atoms with Crippen LogP contribution in [0.1, 0.15) is 13.8 Å². The van der Waals surface area contributed by atoms with E-state index >= 15 is 0 Å². The van der Waals surface area contributed by atoms with Gasteiger partial charge >= 0.3 is 11.9 Å². The first kappa shape index (κ1) is 21.4. The Hall–Kier alpha value is -3.80. The number of nitro benzene ring substituents is 1. The van der Waals surface area contributed by atoms with Gasteiger partial charge in [0.2, 0.25) is 11.8 Å². The van der Waals surface area contributed by atoms with Gasteiger partial charge in [0.05, 0.1) is 30.0 Å². The molecule has 0 aromatic heterocycles. The number of fused-ring (bicyclic) bond motifs is 5. The lowest BCUT2D eigenvalue weighted by atomic mass is 9.76. The fraction of sp³-hybridized carbons (Fsp3) is 0.400. The second-order valence-electron chi connectivity index (χ2n) is 7.47. The first-order valence-corrected chi connectivity index (χ1v) is 9.52. The number of nitrogens with zero attached hydrogens (tertiary/aromatic N) is 2. The number of nitro groups is 1. The lowest BCUT2D eigenvalue weighted by molar-refractivity contribution is -0.384. The third-order valence-electron chi connectivity index (χ3n) is 5.61. The fourth-order valence-electron chi connectivity index (χ4n) is 4.42. The minimum absolute atomic E-state index is 0.0732. The summed E-state index contributed by atoms with van der Waals surface area (Å²) < 4.78 is 21.3. The molecule has 0 spiro atoms. The standard InChI is InChI=1S/C20H18N2O10/c1-9(23)30-19(31-10(2)24)20-7-6-14(32-20)15-16(20)18(26)21(17(15)25)12-8-11(22(27)28)4-5-13(12)29-3/h4-8,14-16,19H,1-3H3/t14-,15-,16-,20+/m1/s1. The van der Waals surface area contributed by atoms with Crippen LogP contribution in [0.2, 0.25) is 0 Å². The highest BCUT2D eigenvalue weighted by atomic mass is 16.7. The van der Waals surface area contributed by atoms with E-state index < -0.39 is 58.5 Å². The number of hydrogen-bond acceptors (Lipinski definition) is 10. The first-order chi connectivity index (χ1) is 15.1. The Bertz CT molecular complexity index is 1070. The van der Waals surface area contributed by atoms with Crippen LogP contribution in [0.25, 0.3) is 0 Å². The van der Waals surface area contributed by atoms with Gasteiger partial charge in [-0.25, -0.2) is 4.90 Å². The second-order valence-corrected chi connectivity index (χ2v) is 7.47. The van der Waals surface area contributed by atoms with E-state index in [0.29, 0.717) is 0 Å². The number of rotatable bonds is 6. The average molecular weight is 446 g/mol. The largest absolute Gasteiger partial charge is 0.495 e. The number of methoxy groups -OCH3 is 1. The van der Waals surface area contributed by atoms with Gasteiger partial charge in [-0.15, -0.1) is 0 Å². The van der Waals surface area contributed by atoms with Crippen LogP contribution in [0.15, 0.2) is 30.4 Å². The highest BCUT2D eigenvalue weighted by Gasteiger charge is 2.72. The van der Waals surface area contributed by atoms with Gasteiger partial charge in [0.15, 0.2) is 5.60 Å². The highest BCUT2D eigenvalue weighted by molar-refractivity contribution is 6.24. The minimum atomic E-state index is -1.72. The fourth-order valence-corrected chi connectivity index (χ4v) is 4.42. The van der Waals surface area contributed by atoms with Gasteiger partial charge in [0.25, 0.3) is 12.0 Å². The minimum Gasteiger partial charge on any atom is -0.495 e. The van der Waals surface area contributed by atoms with Gasteiger partial charge in [0, 0.05) is 26.0 Å². The van der Waals surface area contributed by atoms with E-state index in [1.54, 1.807) is 0 Å². The van der Waals surface area contributed by atoms with Crippen LogP contribution in [-0.4, -0.2) is 53.8 Å². The van der Waals surface area contributed by atoms with Crippen molar-refractivity contribution >= 4 is 35.1 Å². The predicted molar refractivity (Wildman–Crippen MR) is 103 cm³/mol. The molecule has 0 N–H and O–H groups in total. The number of amides is 2. The number of carbonyl (C=O) groups is 4. The molecule has 2 bridgehead atoms. The first-order valence-electron chi connectivity index (χ1n) is 9.52. The monoisotopic (exact) mass is 446 g/mol. The molecule has 32 heavy (non-hydrogen) atoms. The van der Waals surface area contributed by atoms with Crippen LogP contribution in [0.3, 0.4) is 0 Å². The molecule has 2 amide bonds. The molecule has 1 aromatic carbocycles. The Morgan fingerprint density at radius 3 is 2.41 bits per heavy atom. The molecular weight excluding hydrogens is 428 g/mol. The Morgan fingerprint density at radius 1 is 1.19 bits per heavy atom. The summed E-state index contributed by atoms with van der Waals surface area (Å²) in [5, 5.41) is 11.2. The van der Waals surface area contributed by atoms with E-state index in [0.717, 1.165) is 24.8 Å². The van der Waals surface area contributed by atoms with E-state index in [2.05, 4.69) is 0 Å². The van der Waals surface area contributed by atoms with Crippen molar-refractivity contribution in [1.82, 2.24) is 0 Å². The molecule has 12 heteroatoms. The van der Waals surface area contributed by atoms with Crippen LogP contribution in [-0.2, 0) is 33.4 Å². The molecule has 0 aliphatic carbocycles. The summed E-state index contributed by atoms with van der Waals surface area (Å²) in [4.78, 5) is 61.4. The van der Waals surface area contributed by atoms with Crippen molar-refractivity contribution < 1.29 is 43.0 Å². The van der Waals surface area contributed by atoms with Gasteiger partial charge in [0.1, 0.15) is 11.4 Å². The topological polar surface area (TPSA) is 152 Å². The third-order valence-corrected chi connectivity index (χ3v) is 5.61. The van der Waals surface area contributed by atoms with Crippen LogP contribution >= 0.6 is 0 Å². The zero-order valence-corrected chi connectivity index (χ0v) is 17.2. The Morgan fingerprint density at radius 2 is 1.84 bits per heavy atom. The molecule has 4 atom stereocenters. The van der Waals surface area contributed by atoms with Crippen molar-refractivity contribution in [3.05, 3.63) is 40.5 Å². The highest BCUT2D eigenvalue weighted by Crippen LogP contribution is 2.55. The van der Waals surface area contributed by atoms with Crippen LogP contribution in [0.4, 0.5) is 11.4 Å². The van der Waals surface area contributed by atoms with E-state index in [1.165, 1.54) is 31.4 Å². The molecule has 3 heterocycles. The number of benzene rings is 1. The molecule has 12 nitrogen and oxygen atoms in total. The maximum Gasteiger partial charge on any atom is 0.305 e. The molecule has 0 radical (unpaired) electrons. The number of hydrogen-bond donors (Lipinski definition) is 0. The van der Waals surface area contributed by atoms with Crippen molar-refractivity contribution in [2.45, 2.75) is 31.8 Å². The number of imide groups is 1. The molecule has 0 unspecified atom stereocenters. The number of anilines is 1. The lowest BCUT2D eigenvalue weighted by Gasteiger charge is -2.34. The molecule has 3 aliphatic rings. The maximum atomic E-state index is 13.5. The van der Waals surface area contributed by atoms with Gasteiger partial charge in [-0.3, -0.25) is 29.3 Å². The number of non-ortho nitro benzene ring substituents is 1. The maximum absolute atomic E-state index is 13.5. The van der Waals surface area contributed by atoms with Gasteiger partial charge in [-0.2, -0.15) is 0 Å². The summed E-state index contributed by atoms with van der Waals surface area (Å²) in [6.45, 7) is 2.19. The normalized spacial score (nSPS) is 27.6. The molecule has 4 rings (SSSR count). The summed E-state index contributed by atoms with van der Waals surface area (Å²) >= 11 is 0. The quantitative estimate of drug-likeness (QED) is 0.154. The summed E-state index contributed by atoms with van der Waals surface area (Å²) in [7, 11) is 1.30. The summed E-state index contributed by atoms with van der Waals surface area (Å²) in [6.07, 6.45) is 0.507. The van der Waals surface area contributed by atoms with Crippen molar-refractivity contribution in [3.8, 4) is 5.75 Å². The zero-order chi connectivity index (χ0) is 23.4. The van der Waals surface area contributed by atoms with E-state index in [1.807, 2.05) is 0 Å². The Labute approximate surface area is 180 Å². The van der Waals surface area contributed by atoms with E-state index in [-0.39, 0.29) is 17.1 Å². The molecule has 2 fully saturated rings. The third kappa shape index (κ3) is 3.02. The summed E-state index contributed by atoms with van der Waals surface area (Å²) in [5.41, 5.74) is -2.16. The molecule has 168 valence electrons. The number of ether oxygens (including phenoxy) is 4. The SMILES string of the molecule is COc1ccc([N+](=O)[O-])cc1N1C(=O)[C@@H]2[C@H]3C=C[C@](C(OC(C)=O)OC(C)=O)(O3)[C@H]2C1=O. The molecule has 1 aromatic rings. The van der Waals surface area contributed by atoms with Crippen molar-refractivity contribution in [2.75, 3.05) is 12.0 Å². The molecular formula is C20H18N2O10. The van der Waals surface area contributed by atoms with E-state index in [9.17, 15) is 29.3 Å². The van der Waals surface area contributed by atoms with E-state index in [4.69, 9.17) is 18.9 Å². The lowest BCUT2D eigenvalue weighted by Crippen LogP contribution is -2.52. The number of carbonyl (C=O) groups excluding carboxylic acids is 4. The average Bonchev–Trinajstić information content (AvgIpc) is 3.37. The molecule has 0 saturated carbocycles. The van der Waals surface area contributed by atoms with Crippen LogP contribution in [0.5, 0.6) is 5.75 Å². The second kappa shape index (κ2) is 7.41. The van der Waals surface area contributed by atoms with Gasteiger partial charge < -0.3 is 18.9 Å². The molecule has 2 saturated heterocycles. The smallest absolute Gasteiger partial charge is 0.305 e. The summed E-state index contributed by atoms with van der Waals surface area (Å²) in [5.74, 6) is -5.13. The van der Waals surface area contributed by atoms with Crippen molar-refractivity contribution in [1.29, 1.82) is 0 Å². The molecule has 3 aliphatic heterocycles. The predicted octanol–water partition coefficient (Wildman–Crippen LogP) is 0.869. The van der Waals surface area contributed by atoms with Gasteiger partial charge in [-0.05, 0) is 12.1 Å². The Kier molecular flexibility index (Phi) is 4.96. The number of esters is 2. The Balaban J connectivity index is 1.79. The summed E-state index contributed by atoms with van der Waals surface area (Å²) in [6, 6.07) is 3.53. The zero-order valence-electron chi connectivity index (χ0n) is 17.2. The van der Waals surface area contributed by atoms with Crippen molar-refractivity contribution in [3.63, 3.8) is 0 Å². The van der Waals surface area contributed by atoms with Crippen LogP contribution < -0.4 is 9.64 Å². The van der Waals surface area contributed by atoms with Gasteiger partial charge in [-0.1, -0.05) is 6.08 Å². The van der Waals surface area contributed by atoms with Crippen LogP contribution in [0, 0.1) is 22.0 Å².